The summed E-state index contributed by atoms with van der Waals surface area (Å²) in [4.78, 5) is 38.2. The fourth-order valence-electron chi connectivity index (χ4n) is 3.77. The molecule has 0 aliphatic rings. The first-order chi connectivity index (χ1) is 17.6. The quantitative estimate of drug-likeness (QED) is 0.320. The number of amides is 2. The van der Waals surface area contributed by atoms with E-state index in [1.807, 2.05) is 31.2 Å². The molecule has 0 saturated heterocycles. The molecule has 3 aromatic rings. The summed E-state index contributed by atoms with van der Waals surface area (Å²) in [6, 6.07) is 19.0. The summed E-state index contributed by atoms with van der Waals surface area (Å²) < 4.78 is 28.1. The Bertz CT molecular complexity index is 1390. The lowest BCUT2D eigenvalue weighted by Crippen LogP contribution is -2.50. The third-order valence-corrected chi connectivity index (χ3v) is 7.74. The molecule has 1 atom stereocenters. The lowest BCUT2D eigenvalue weighted by Gasteiger charge is -2.32. The predicted molar refractivity (Wildman–Crippen MR) is 139 cm³/mol. The van der Waals surface area contributed by atoms with Crippen molar-refractivity contribution >= 4 is 33.2 Å². The van der Waals surface area contributed by atoms with E-state index in [4.69, 9.17) is 0 Å². The highest BCUT2D eigenvalue weighted by Gasteiger charge is 2.33. The van der Waals surface area contributed by atoms with Crippen LogP contribution in [0.3, 0.4) is 0 Å². The lowest BCUT2D eigenvalue weighted by atomic mass is 10.1. The Kier molecular flexibility index (Phi) is 8.61. The molecule has 3 rings (SSSR count). The maximum Gasteiger partial charge on any atom is 0.271 e. The topological polar surface area (TPSA) is 130 Å². The van der Waals surface area contributed by atoms with E-state index in [1.54, 1.807) is 25.1 Å². The Hall–Kier alpha value is -4.25. The van der Waals surface area contributed by atoms with Crippen molar-refractivity contribution in [2.45, 2.75) is 31.3 Å². The Morgan fingerprint density at radius 3 is 2.27 bits per heavy atom. The standard InChI is InChI=1S/C26H28N4O6S/c1-19-10-7-8-11-21(19)17-28(20(2)26(32)27-3)25(31)18-29(22-12-9-13-23(16-22)30(33)34)37(35,36)24-14-5-4-6-15-24/h4-16,20H,17-18H2,1-3H3,(H,27,32). The average molecular weight is 525 g/mol. The molecule has 0 aliphatic carbocycles. The van der Waals surface area contributed by atoms with Crippen molar-refractivity contribution in [2.24, 2.45) is 0 Å². The zero-order valence-corrected chi connectivity index (χ0v) is 21.5. The second kappa shape index (κ2) is 11.7. The van der Waals surface area contributed by atoms with Gasteiger partial charge in [0.25, 0.3) is 15.7 Å². The van der Waals surface area contributed by atoms with Crippen molar-refractivity contribution in [3.63, 3.8) is 0 Å². The number of carbonyl (C=O) groups excluding carboxylic acids is 2. The van der Waals surface area contributed by atoms with Crippen LogP contribution in [-0.4, -0.2) is 49.7 Å². The van der Waals surface area contributed by atoms with Gasteiger partial charge in [-0.25, -0.2) is 8.42 Å². The highest BCUT2D eigenvalue weighted by molar-refractivity contribution is 7.92. The van der Waals surface area contributed by atoms with Crippen LogP contribution in [0.1, 0.15) is 18.1 Å². The van der Waals surface area contributed by atoms with E-state index in [9.17, 15) is 28.1 Å². The van der Waals surface area contributed by atoms with Gasteiger partial charge >= 0.3 is 0 Å². The van der Waals surface area contributed by atoms with Crippen LogP contribution in [0.2, 0.25) is 0 Å². The Labute approximate surface area is 215 Å². The Balaban J connectivity index is 2.08. The Morgan fingerprint density at radius 2 is 1.65 bits per heavy atom. The number of hydrogen-bond donors (Lipinski definition) is 1. The first kappa shape index (κ1) is 27.3. The molecule has 1 unspecified atom stereocenters. The number of benzene rings is 3. The molecule has 0 fully saturated rings. The number of likely N-dealkylation sites (N-methyl/N-ethyl adjacent to an activating group) is 1. The summed E-state index contributed by atoms with van der Waals surface area (Å²) in [6.07, 6.45) is 0. The van der Waals surface area contributed by atoms with Crippen molar-refractivity contribution < 1.29 is 22.9 Å². The van der Waals surface area contributed by atoms with E-state index in [2.05, 4.69) is 5.32 Å². The molecule has 0 saturated carbocycles. The van der Waals surface area contributed by atoms with E-state index in [1.165, 1.54) is 42.3 Å². The molecule has 0 radical (unpaired) electrons. The molecule has 10 nitrogen and oxygen atoms in total. The van der Waals surface area contributed by atoms with E-state index < -0.39 is 39.3 Å². The van der Waals surface area contributed by atoms with Gasteiger partial charge in [0.1, 0.15) is 12.6 Å². The predicted octanol–water partition coefficient (Wildman–Crippen LogP) is 3.26. The molecule has 0 aromatic heterocycles. The molecule has 3 aromatic carbocycles. The van der Waals surface area contributed by atoms with Crippen molar-refractivity contribution in [1.82, 2.24) is 10.2 Å². The fraction of sp³-hybridized carbons (Fsp3) is 0.231. The second-order valence-corrected chi connectivity index (χ2v) is 10.2. The number of carbonyl (C=O) groups is 2. The zero-order valence-electron chi connectivity index (χ0n) is 20.7. The maximum atomic E-state index is 13.7. The number of rotatable bonds is 10. The van der Waals surface area contributed by atoms with Crippen LogP contribution in [0.15, 0.2) is 83.8 Å². The highest BCUT2D eigenvalue weighted by Crippen LogP contribution is 2.27. The lowest BCUT2D eigenvalue weighted by molar-refractivity contribution is -0.384. The van der Waals surface area contributed by atoms with Gasteiger partial charge in [-0.3, -0.25) is 24.0 Å². The van der Waals surface area contributed by atoms with Crippen molar-refractivity contribution in [3.8, 4) is 0 Å². The van der Waals surface area contributed by atoms with Crippen LogP contribution in [0, 0.1) is 17.0 Å². The third kappa shape index (κ3) is 6.31. The first-order valence-electron chi connectivity index (χ1n) is 11.4. The smallest absolute Gasteiger partial charge is 0.271 e. The second-order valence-electron chi connectivity index (χ2n) is 8.34. The van der Waals surface area contributed by atoms with Gasteiger partial charge in [-0.15, -0.1) is 0 Å². The van der Waals surface area contributed by atoms with Gasteiger partial charge in [0, 0.05) is 25.7 Å². The maximum absolute atomic E-state index is 13.7. The van der Waals surface area contributed by atoms with Gasteiger partial charge in [-0.1, -0.05) is 48.5 Å². The van der Waals surface area contributed by atoms with Crippen LogP contribution in [0.25, 0.3) is 0 Å². The first-order valence-corrected chi connectivity index (χ1v) is 12.9. The Morgan fingerprint density at radius 1 is 1.00 bits per heavy atom. The van der Waals surface area contributed by atoms with Gasteiger partial charge in [0.2, 0.25) is 11.8 Å². The summed E-state index contributed by atoms with van der Waals surface area (Å²) in [6.45, 7) is 2.82. The van der Waals surface area contributed by atoms with Crippen LogP contribution >= 0.6 is 0 Å². The molecular formula is C26H28N4O6S. The number of nitro benzene ring substituents is 1. The van der Waals surface area contributed by atoms with Crippen LogP contribution in [-0.2, 0) is 26.2 Å². The fourth-order valence-corrected chi connectivity index (χ4v) is 5.20. The summed E-state index contributed by atoms with van der Waals surface area (Å²) in [5, 5.41) is 13.9. The van der Waals surface area contributed by atoms with Crippen LogP contribution < -0.4 is 9.62 Å². The summed E-state index contributed by atoms with van der Waals surface area (Å²) in [7, 11) is -2.85. The highest BCUT2D eigenvalue weighted by atomic mass is 32.2. The SMILES string of the molecule is CNC(=O)C(C)N(Cc1ccccc1C)C(=O)CN(c1cccc([N+](=O)[O-])c1)S(=O)(=O)c1ccccc1. The van der Waals surface area contributed by atoms with Crippen LogP contribution in [0.4, 0.5) is 11.4 Å². The number of non-ortho nitro benzene ring substituents is 1. The summed E-state index contributed by atoms with van der Waals surface area (Å²) in [5.41, 5.74) is 1.32. The van der Waals surface area contributed by atoms with Gasteiger partial charge < -0.3 is 10.2 Å². The minimum Gasteiger partial charge on any atom is -0.357 e. The monoisotopic (exact) mass is 524 g/mol. The van der Waals surface area contributed by atoms with E-state index in [0.29, 0.717) is 0 Å². The van der Waals surface area contributed by atoms with Gasteiger partial charge in [0.15, 0.2) is 0 Å². The molecular weight excluding hydrogens is 496 g/mol. The molecule has 0 bridgehead atoms. The van der Waals surface area contributed by atoms with Gasteiger partial charge in [-0.2, -0.15) is 0 Å². The molecule has 11 heteroatoms. The number of aryl methyl sites for hydroxylation is 1. The van der Waals surface area contributed by atoms with Crippen molar-refractivity contribution in [3.05, 3.63) is 100 Å². The van der Waals surface area contributed by atoms with Crippen molar-refractivity contribution in [1.29, 1.82) is 0 Å². The molecule has 2 amide bonds. The number of anilines is 1. The number of nitrogens with zero attached hydrogens (tertiary/aromatic N) is 3. The molecule has 194 valence electrons. The average Bonchev–Trinajstić information content (AvgIpc) is 2.90. The largest absolute Gasteiger partial charge is 0.357 e. The molecule has 1 N–H and O–H groups in total. The third-order valence-electron chi connectivity index (χ3n) is 5.95. The summed E-state index contributed by atoms with van der Waals surface area (Å²) >= 11 is 0. The van der Waals surface area contributed by atoms with Crippen LogP contribution in [0.5, 0.6) is 0 Å². The van der Waals surface area contributed by atoms with E-state index in [-0.39, 0.29) is 22.8 Å². The summed E-state index contributed by atoms with van der Waals surface area (Å²) in [5.74, 6) is -1.07. The van der Waals surface area contributed by atoms with Gasteiger partial charge in [-0.05, 0) is 43.2 Å². The molecule has 0 aliphatic heterocycles. The normalized spacial score (nSPS) is 11.9. The molecule has 37 heavy (non-hydrogen) atoms. The number of hydrogen-bond acceptors (Lipinski definition) is 6. The molecule has 0 spiro atoms. The molecule has 0 heterocycles. The van der Waals surface area contributed by atoms with E-state index in [0.717, 1.165) is 21.5 Å². The van der Waals surface area contributed by atoms with Gasteiger partial charge in [0.05, 0.1) is 15.5 Å². The minimum absolute atomic E-state index is 0.0464. The number of sulfonamides is 1. The van der Waals surface area contributed by atoms with Crippen molar-refractivity contribution in [2.75, 3.05) is 17.9 Å². The number of nitro groups is 1. The minimum atomic E-state index is -4.30. The number of nitrogens with one attached hydrogen (secondary N) is 1. The van der Waals surface area contributed by atoms with E-state index >= 15 is 0 Å². The zero-order chi connectivity index (χ0) is 27.2.